The van der Waals surface area contributed by atoms with Crippen LogP contribution in [0, 0.1) is 13.8 Å². The van der Waals surface area contributed by atoms with Gasteiger partial charge < -0.3 is 4.57 Å². The average molecular weight is 373 g/mol. The standard InChI is InChI=1S/C18H23N5O2S/c1-11-17(12(2)23(4)21-11)26(24,25)19-10-13-5-8-16-15(9-13)20-18(22(16)3)14-6-7-14/h5,8-9,14,19H,6-7,10H2,1-4H3. The van der Waals surface area contributed by atoms with Gasteiger partial charge in [0.1, 0.15) is 10.7 Å². The molecule has 1 aliphatic rings. The van der Waals surface area contributed by atoms with Gasteiger partial charge in [0.05, 0.1) is 22.4 Å². The summed E-state index contributed by atoms with van der Waals surface area (Å²) in [6.07, 6.45) is 2.40. The molecular weight excluding hydrogens is 350 g/mol. The second-order valence-corrected chi connectivity index (χ2v) is 8.78. The van der Waals surface area contributed by atoms with Gasteiger partial charge >= 0.3 is 0 Å². The lowest BCUT2D eigenvalue weighted by Crippen LogP contribution is -2.24. The Kier molecular flexibility index (Phi) is 3.92. The highest BCUT2D eigenvalue weighted by atomic mass is 32.2. The number of imidazole rings is 1. The molecule has 2 heterocycles. The van der Waals surface area contributed by atoms with Crippen LogP contribution >= 0.6 is 0 Å². The lowest BCUT2D eigenvalue weighted by atomic mass is 10.2. The van der Waals surface area contributed by atoms with E-state index in [9.17, 15) is 8.42 Å². The Morgan fingerprint density at radius 1 is 1.23 bits per heavy atom. The molecule has 1 N–H and O–H groups in total. The van der Waals surface area contributed by atoms with Crippen molar-refractivity contribution in [3.8, 4) is 0 Å². The Labute approximate surface area is 153 Å². The number of rotatable bonds is 5. The fourth-order valence-electron chi connectivity index (χ4n) is 3.47. The Bertz CT molecular complexity index is 1110. The molecule has 3 aromatic rings. The van der Waals surface area contributed by atoms with Gasteiger partial charge in [-0.25, -0.2) is 18.1 Å². The number of hydrogen-bond acceptors (Lipinski definition) is 4. The molecule has 1 fully saturated rings. The summed E-state index contributed by atoms with van der Waals surface area (Å²) in [5.41, 5.74) is 4.02. The normalized spacial score (nSPS) is 15.1. The molecule has 0 saturated heterocycles. The van der Waals surface area contributed by atoms with Crippen LogP contribution in [-0.4, -0.2) is 27.7 Å². The number of hydrogen-bond donors (Lipinski definition) is 1. The SMILES string of the molecule is Cc1nn(C)c(C)c1S(=O)(=O)NCc1ccc2c(c1)nc(C1CC1)n2C. The highest BCUT2D eigenvalue weighted by Crippen LogP contribution is 2.40. The topological polar surface area (TPSA) is 81.8 Å². The van der Waals surface area contributed by atoms with E-state index in [0.717, 1.165) is 22.4 Å². The van der Waals surface area contributed by atoms with E-state index in [1.165, 1.54) is 12.8 Å². The van der Waals surface area contributed by atoms with Crippen molar-refractivity contribution in [3.05, 3.63) is 41.0 Å². The highest BCUT2D eigenvalue weighted by Gasteiger charge is 2.28. The second-order valence-electron chi connectivity index (χ2n) is 7.07. The average Bonchev–Trinajstić information content (AvgIpc) is 3.32. The van der Waals surface area contributed by atoms with Crippen LogP contribution in [0.1, 0.15) is 41.5 Å². The first-order valence-electron chi connectivity index (χ1n) is 8.73. The third-order valence-electron chi connectivity index (χ3n) is 5.10. The van der Waals surface area contributed by atoms with E-state index in [1.807, 2.05) is 25.2 Å². The molecule has 0 radical (unpaired) electrons. The van der Waals surface area contributed by atoms with E-state index < -0.39 is 10.0 Å². The molecule has 7 nitrogen and oxygen atoms in total. The fraction of sp³-hybridized carbons (Fsp3) is 0.444. The van der Waals surface area contributed by atoms with Gasteiger partial charge in [-0.2, -0.15) is 5.10 Å². The molecule has 1 saturated carbocycles. The zero-order chi connectivity index (χ0) is 18.6. The summed E-state index contributed by atoms with van der Waals surface area (Å²) < 4.78 is 31.8. The fourth-order valence-corrected chi connectivity index (χ4v) is 4.93. The van der Waals surface area contributed by atoms with E-state index >= 15 is 0 Å². The predicted octanol–water partition coefficient (Wildman–Crippen LogP) is 2.28. The smallest absolute Gasteiger partial charge is 0.244 e. The number of nitrogens with zero attached hydrogens (tertiary/aromatic N) is 4. The van der Waals surface area contributed by atoms with Crippen LogP contribution < -0.4 is 4.72 Å². The molecule has 0 unspecified atom stereocenters. The summed E-state index contributed by atoms with van der Waals surface area (Å²) in [6, 6.07) is 5.93. The summed E-state index contributed by atoms with van der Waals surface area (Å²) >= 11 is 0. The lowest BCUT2D eigenvalue weighted by Gasteiger charge is -2.07. The molecular formula is C18H23N5O2S. The summed E-state index contributed by atoms with van der Waals surface area (Å²) in [7, 11) is 0.167. The van der Waals surface area contributed by atoms with E-state index in [2.05, 4.69) is 14.4 Å². The van der Waals surface area contributed by atoms with Crippen LogP contribution in [0.25, 0.3) is 11.0 Å². The van der Waals surface area contributed by atoms with Crippen molar-refractivity contribution in [1.29, 1.82) is 0 Å². The maximum absolute atomic E-state index is 12.7. The van der Waals surface area contributed by atoms with Gasteiger partial charge in [-0.1, -0.05) is 6.07 Å². The summed E-state index contributed by atoms with van der Waals surface area (Å²) in [4.78, 5) is 5.00. The van der Waals surface area contributed by atoms with E-state index in [-0.39, 0.29) is 11.4 Å². The van der Waals surface area contributed by atoms with Crippen molar-refractivity contribution in [2.45, 2.75) is 44.0 Å². The predicted molar refractivity (Wildman–Crippen MR) is 99.4 cm³/mol. The zero-order valence-corrected chi connectivity index (χ0v) is 16.3. The van der Waals surface area contributed by atoms with Crippen LogP contribution in [0.5, 0.6) is 0 Å². The van der Waals surface area contributed by atoms with Crippen LogP contribution in [0.3, 0.4) is 0 Å². The summed E-state index contributed by atoms with van der Waals surface area (Å²) in [6.45, 7) is 3.69. The number of aromatic nitrogens is 4. The number of nitrogens with one attached hydrogen (secondary N) is 1. The van der Waals surface area contributed by atoms with Crippen molar-refractivity contribution in [1.82, 2.24) is 24.1 Å². The van der Waals surface area contributed by atoms with Crippen LogP contribution in [0.15, 0.2) is 23.1 Å². The minimum absolute atomic E-state index is 0.224. The molecule has 0 bridgehead atoms. The van der Waals surface area contributed by atoms with Crippen LogP contribution in [0.2, 0.25) is 0 Å². The van der Waals surface area contributed by atoms with Gasteiger partial charge in [-0.3, -0.25) is 4.68 Å². The number of sulfonamides is 1. The van der Waals surface area contributed by atoms with E-state index in [4.69, 9.17) is 4.98 Å². The van der Waals surface area contributed by atoms with Crippen LogP contribution in [0.4, 0.5) is 0 Å². The Morgan fingerprint density at radius 2 is 1.96 bits per heavy atom. The first-order valence-corrected chi connectivity index (χ1v) is 10.2. The molecule has 1 aliphatic carbocycles. The highest BCUT2D eigenvalue weighted by molar-refractivity contribution is 7.89. The van der Waals surface area contributed by atoms with E-state index in [1.54, 1.807) is 25.6 Å². The first-order chi connectivity index (χ1) is 12.3. The second kappa shape index (κ2) is 5.92. The minimum Gasteiger partial charge on any atom is -0.331 e. The molecule has 0 atom stereocenters. The number of fused-ring (bicyclic) bond motifs is 1. The van der Waals surface area contributed by atoms with Crippen molar-refractivity contribution in [3.63, 3.8) is 0 Å². The molecule has 2 aromatic heterocycles. The van der Waals surface area contributed by atoms with Gasteiger partial charge in [-0.05, 0) is 44.4 Å². The van der Waals surface area contributed by atoms with Crippen molar-refractivity contribution in [2.24, 2.45) is 14.1 Å². The van der Waals surface area contributed by atoms with Crippen molar-refractivity contribution in [2.75, 3.05) is 0 Å². The summed E-state index contributed by atoms with van der Waals surface area (Å²) in [5, 5.41) is 4.19. The Hall–Kier alpha value is -2.19. The molecule has 1 aromatic carbocycles. The molecule has 0 amide bonds. The number of benzene rings is 1. The van der Waals surface area contributed by atoms with Gasteiger partial charge in [0, 0.05) is 26.6 Å². The monoisotopic (exact) mass is 373 g/mol. The van der Waals surface area contributed by atoms with Crippen LogP contribution in [-0.2, 0) is 30.7 Å². The third kappa shape index (κ3) is 2.83. The molecule has 4 rings (SSSR count). The number of aryl methyl sites for hydroxylation is 3. The van der Waals surface area contributed by atoms with Crippen molar-refractivity contribution < 1.29 is 8.42 Å². The third-order valence-corrected chi connectivity index (χ3v) is 6.75. The molecule has 0 aliphatic heterocycles. The van der Waals surface area contributed by atoms with Crippen molar-refractivity contribution >= 4 is 21.1 Å². The minimum atomic E-state index is -3.62. The van der Waals surface area contributed by atoms with Gasteiger partial charge in [-0.15, -0.1) is 0 Å². The maximum atomic E-state index is 12.7. The van der Waals surface area contributed by atoms with E-state index in [0.29, 0.717) is 17.3 Å². The molecule has 138 valence electrons. The van der Waals surface area contributed by atoms with Gasteiger partial charge in [0.15, 0.2) is 0 Å². The maximum Gasteiger partial charge on any atom is 0.244 e. The summed E-state index contributed by atoms with van der Waals surface area (Å²) in [5.74, 6) is 1.70. The zero-order valence-electron chi connectivity index (χ0n) is 15.4. The first kappa shape index (κ1) is 17.2. The Morgan fingerprint density at radius 3 is 2.58 bits per heavy atom. The molecule has 0 spiro atoms. The largest absolute Gasteiger partial charge is 0.331 e. The lowest BCUT2D eigenvalue weighted by molar-refractivity contribution is 0.579. The molecule has 26 heavy (non-hydrogen) atoms. The quantitative estimate of drug-likeness (QED) is 0.744. The van der Waals surface area contributed by atoms with Gasteiger partial charge in [0.2, 0.25) is 10.0 Å². The molecule has 8 heteroatoms. The Balaban J connectivity index is 1.59. The van der Waals surface area contributed by atoms with Gasteiger partial charge in [0.25, 0.3) is 0 Å².